The molecule has 0 aliphatic heterocycles. The number of benzene rings is 4. The number of carbonyl (C=O) groups excluding carboxylic acids is 3. The van der Waals surface area contributed by atoms with Crippen molar-refractivity contribution in [3.63, 3.8) is 0 Å². The summed E-state index contributed by atoms with van der Waals surface area (Å²) in [4.78, 5) is 49.3. The van der Waals surface area contributed by atoms with Crippen molar-refractivity contribution in [1.29, 1.82) is 0 Å². The molecule has 0 fully saturated rings. The van der Waals surface area contributed by atoms with E-state index in [4.69, 9.17) is 70.6 Å². The number of amides is 1. The van der Waals surface area contributed by atoms with Crippen LogP contribution in [0.1, 0.15) is 31.9 Å². The summed E-state index contributed by atoms with van der Waals surface area (Å²) >= 11 is 30.6. The average molecular weight is 1040 g/mol. The fraction of sp³-hybridized carbons (Fsp3) is 0.298. The second-order valence-corrected chi connectivity index (χ2v) is 21.0. The molecule has 2 unspecified atom stereocenters. The number of ether oxygens (including phenoxy) is 3. The molecule has 0 bridgehead atoms. The number of carbonyl (C=O) groups is 3. The van der Waals surface area contributed by atoms with Gasteiger partial charge in [-0.25, -0.2) is 14.8 Å². The van der Waals surface area contributed by atoms with Gasteiger partial charge in [-0.3, -0.25) is 14.5 Å². The zero-order valence-electron chi connectivity index (χ0n) is 36.7. The van der Waals surface area contributed by atoms with E-state index in [2.05, 4.69) is 5.32 Å². The van der Waals surface area contributed by atoms with Gasteiger partial charge in [0, 0.05) is 24.2 Å². The SMILES string of the molecule is COC(=O)C(CNc1nc(-c2ccc(Cl)c(Cl)c2)c(SC)s1)Cc1ccccc1.COC(=O)C(Cc1ccccc1)CN(C(=O)OC(C)(C)C)c1nc(-c2ccc(Cl)c(Cl)c2)c(SC)s1. The third kappa shape index (κ3) is 15.0. The van der Waals surface area contributed by atoms with E-state index in [0.717, 1.165) is 41.5 Å². The van der Waals surface area contributed by atoms with Gasteiger partial charge < -0.3 is 19.5 Å². The largest absolute Gasteiger partial charge is 0.469 e. The van der Waals surface area contributed by atoms with Gasteiger partial charge in [-0.15, -0.1) is 23.5 Å². The number of aromatic nitrogens is 2. The molecule has 0 aliphatic carbocycles. The van der Waals surface area contributed by atoms with Crippen LogP contribution in [0.15, 0.2) is 105 Å². The molecule has 10 nitrogen and oxygen atoms in total. The molecule has 0 spiro atoms. The first-order chi connectivity index (χ1) is 31.0. The lowest BCUT2D eigenvalue weighted by Crippen LogP contribution is -2.42. The van der Waals surface area contributed by atoms with Crippen molar-refractivity contribution >= 4 is 121 Å². The molecule has 2 aromatic heterocycles. The highest BCUT2D eigenvalue weighted by Gasteiger charge is 2.33. The van der Waals surface area contributed by atoms with Crippen molar-refractivity contribution in [2.45, 2.75) is 47.6 Å². The number of halogens is 4. The molecule has 2 atom stereocenters. The molecule has 0 saturated carbocycles. The van der Waals surface area contributed by atoms with Gasteiger partial charge in [0.15, 0.2) is 10.3 Å². The quantitative estimate of drug-likeness (QED) is 0.0567. The van der Waals surface area contributed by atoms with E-state index in [1.165, 1.54) is 42.2 Å². The van der Waals surface area contributed by atoms with Gasteiger partial charge in [0.2, 0.25) is 0 Å². The normalized spacial score (nSPS) is 12.0. The number of rotatable bonds is 16. The second-order valence-electron chi connectivity index (χ2n) is 15.2. The smallest absolute Gasteiger partial charge is 0.416 e. The van der Waals surface area contributed by atoms with Crippen molar-refractivity contribution in [1.82, 2.24) is 9.97 Å². The molecule has 18 heteroatoms. The van der Waals surface area contributed by atoms with Crippen LogP contribution in [0.3, 0.4) is 0 Å². The Labute approximate surface area is 416 Å². The molecule has 6 rings (SSSR count). The molecule has 6 aromatic rings. The molecule has 2 heterocycles. The number of anilines is 2. The van der Waals surface area contributed by atoms with Gasteiger partial charge >= 0.3 is 18.0 Å². The van der Waals surface area contributed by atoms with Gasteiger partial charge in [0.1, 0.15) is 5.60 Å². The zero-order valence-corrected chi connectivity index (χ0v) is 42.9. The number of thioether (sulfide) groups is 2. The minimum atomic E-state index is -0.734. The Hall–Kier alpha value is -3.99. The Balaban J connectivity index is 0.000000250. The van der Waals surface area contributed by atoms with E-state index in [0.29, 0.717) is 50.3 Å². The standard InChI is InChI=1S/C26H28Cl2N2O4S2.C21H20Cl2N2O2S2/c1-26(2,3)34-25(32)30(15-18(22(31)33-4)13-16-9-7-6-8-10-16)24-29-21(23(35-5)36-24)17-11-12-19(27)20(28)14-17;1-27-19(26)15(10-13-6-4-3-5-7-13)12-24-21-25-18(20(28-2)29-21)14-8-9-16(22)17(23)11-14/h6-12,14,18H,13,15H2,1-5H3;3-9,11,15H,10,12H2,1-2H3,(H,24,25). The van der Waals surface area contributed by atoms with Crippen LogP contribution in [0.5, 0.6) is 0 Å². The fourth-order valence-corrected chi connectivity index (χ4v) is 10.3. The average Bonchev–Trinajstić information content (AvgIpc) is 3.92. The van der Waals surface area contributed by atoms with Crippen molar-refractivity contribution in [3.05, 3.63) is 128 Å². The predicted molar refractivity (Wildman–Crippen MR) is 272 cm³/mol. The molecule has 4 aromatic carbocycles. The molecule has 1 N–H and O–H groups in total. The Morgan fingerprint density at radius 1 is 0.677 bits per heavy atom. The molecule has 65 heavy (non-hydrogen) atoms. The first-order valence-corrected chi connectivity index (χ1v) is 25.6. The lowest BCUT2D eigenvalue weighted by atomic mass is 9.99. The van der Waals surface area contributed by atoms with Crippen LogP contribution in [0, 0.1) is 11.8 Å². The molecule has 0 aliphatic rings. The Morgan fingerprint density at radius 3 is 1.63 bits per heavy atom. The summed E-state index contributed by atoms with van der Waals surface area (Å²) in [5.74, 6) is -1.59. The van der Waals surface area contributed by atoms with E-state index < -0.39 is 23.6 Å². The second kappa shape index (κ2) is 24.7. The van der Waals surface area contributed by atoms with Crippen molar-refractivity contribution in [2.24, 2.45) is 11.8 Å². The third-order valence-electron chi connectivity index (χ3n) is 9.40. The van der Waals surface area contributed by atoms with Crippen LogP contribution >= 0.6 is 92.6 Å². The first-order valence-electron chi connectivity index (χ1n) is 20.0. The molecular weight excluding hydrogens is 987 g/mol. The lowest BCUT2D eigenvalue weighted by Gasteiger charge is -2.28. The van der Waals surface area contributed by atoms with E-state index in [1.807, 2.05) is 91.4 Å². The minimum absolute atomic E-state index is 0.0403. The number of thiazole rings is 2. The van der Waals surface area contributed by atoms with Crippen LogP contribution in [0.2, 0.25) is 20.1 Å². The lowest BCUT2D eigenvalue weighted by molar-refractivity contribution is -0.145. The number of hydrogen-bond acceptors (Lipinski definition) is 13. The number of methoxy groups -OCH3 is 2. The highest BCUT2D eigenvalue weighted by molar-refractivity contribution is 8.00. The van der Waals surface area contributed by atoms with Crippen LogP contribution < -0.4 is 10.2 Å². The minimum Gasteiger partial charge on any atom is -0.469 e. The molecule has 0 radical (unpaired) electrons. The summed E-state index contributed by atoms with van der Waals surface area (Å²) in [7, 11) is 2.76. The van der Waals surface area contributed by atoms with Gasteiger partial charge in [-0.1, -0.05) is 142 Å². The van der Waals surface area contributed by atoms with Gasteiger partial charge in [0.25, 0.3) is 0 Å². The number of hydrogen-bond donors (Lipinski definition) is 1. The Bertz CT molecular complexity index is 2540. The summed E-state index contributed by atoms with van der Waals surface area (Å²) in [5.41, 5.74) is 4.51. The summed E-state index contributed by atoms with van der Waals surface area (Å²) in [5, 5.41) is 6.32. The molecular formula is C47H48Cl4N4O6S4. The maximum atomic E-state index is 13.4. The number of nitrogens with zero attached hydrogens (tertiary/aromatic N) is 3. The van der Waals surface area contributed by atoms with Crippen LogP contribution in [0.4, 0.5) is 15.1 Å². The summed E-state index contributed by atoms with van der Waals surface area (Å²) in [6, 6.07) is 30.3. The Morgan fingerprint density at radius 2 is 1.15 bits per heavy atom. The zero-order chi connectivity index (χ0) is 47.3. The third-order valence-corrected chi connectivity index (χ3v) is 15.2. The van der Waals surface area contributed by atoms with E-state index in [1.54, 1.807) is 62.1 Å². The van der Waals surface area contributed by atoms with Crippen molar-refractivity contribution < 1.29 is 28.6 Å². The van der Waals surface area contributed by atoms with E-state index in [-0.39, 0.29) is 18.4 Å². The summed E-state index contributed by atoms with van der Waals surface area (Å²) in [6.45, 7) is 5.85. The van der Waals surface area contributed by atoms with Gasteiger partial charge in [-0.2, -0.15) is 0 Å². The van der Waals surface area contributed by atoms with E-state index in [9.17, 15) is 14.4 Å². The highest BCUT2D eigenvalue weighted by atomic mass is 35.5. The van der Waals surface area contributed by atoms with Gasteiger partial charge in [0.05, 0.1) is 66.0 Å². The summed E-state index contributed by atoms with van der Waals surface area (Å²) < 4.78 is 17.7. The highest BCUT2D eigenvalue weighted by Crippen LogP contribution is 2.42. The molecule has 1 amide bonds. The van der Waals surface area contributed by atoms with Crippen molar-refractivity contribution in [3.8, 4) is 22.5 Å². The maximum Gasteiger partial charge on any atom is 0.416 e. The van der Waals surface area contributed by atoms with Crippen LogP contribution in [0.25, 0.3) is 22.5 Å². The summed E-state index contributed by atoms with van der Waals surface area (Å²) in [6.07, 6.45) is 4.34. The van der Waals surface area contributed by atoms with Crippen molar-refractivity contribution in [2.75, 3.05) is 50.0 Å². The number of nitrogens with one attached hydrogen (secondary N) is 1. The van der Waals surface area contributed by atoms with E-state index >= 15 is 0 Å². The fourth-order valence-electron chi connectivity index (χ4n) is 6.29. The first kappa shape index (κ1) is 52.0. The van der Waals surface area contributed by atoms with Gasteiger partial charge in [-0.05, 0) is 81.5 Å². The molecule has 0 saturated heterocycles. The van der Waals surface area contributed by atoms with Crippen LogP contribution in [-0.2, 0) is 36.6 Å². The maximum absolute atomic E-state index is 13.4. The topological polar surface area (TPSA) is 120 Å². The monoisotopic (exact) mass is 1030 g/mol. The van der Waals surface area contributed by atoms with Crippen LogP contribution in [-0.4, -0.2) is 73.4 Å². The predicted octanol–water partition coefficient (Wildman–Crippen LogP) is 13.9. The number of esters is 2. The Kier molecular flexibility index (Phi) is 19.7. The molecule has 344 valence electrons.